The predicted molar refractivity (Wildman–Crippen MR) is 154 cm³/mol. The smallest absolute Gasteiger partial charge is 0.369 e. The summed E-state index contributed by atoms with van der Waals surface area (Å²) in [5, 5.41) is 0. The number of hydrogen-bond donors (Lipinski definition) is 1. The summed E-state index contributed by atoms with van der Waals surface area (Å²) in [4.78, 5) is 36.7. The Morgan fingerprint density at radius 1 is 1.02 bits per heavy atom. The summed E-state index contributed by atoms with van der Waals surface area (Å²) in [5.41, 5.74) is 7.59. The van der Waals surface area contributed by atoms with Gasteiger partial charge in [-0.25, -0.2) is 4.98 Å². The average molecular weight is 578 g/mol. The number of nitrogens with two attached hydrogens (primary N) is 1. The lowest BCUT2D eigenvalue weighted by Gasteiger charge is -2.35. The van der Waals surface area contributed by atoms with Crippen molar-refractivity contribution in [2.45, 2.75) is 51.4 Å². The first-order chi connectivity index (χ1) is 19.9. The van der Waals surface area contributed by atoms with E-state index in [1.807, 2.05) is 21.0 Å². The molecule has 7 nitrogen and oxygen atoms in total. The van der Waals surface area contributed by atoms with Gasteiger partial charge in [0.1, 0.15) is 5.69 Å². The van der Waals surface area contributed by atoms with Gasteiger partial charge >= 0.3 is 6.18 Å². The van der Waals surface area contributed by atoms with Crippen LogP contribution in [0.1, 0.15) is 62.4 Å². The molecule has 1 fully saturated rings. The highest BCUT2D eigenvalue weighted by Gasteiger charge is 2.34. The van der Waals surface area contributed by atoms with Crippen molar-refractivity contribution in [3.05, 3.63) is 93.6 Å². The standard InChI is InChI=1S/C32H34F3N5O2/c1-21-4-6-24(16-23(21)8-9-26-18-38-27(19-37-26)17-31(36)42)30(41)15-22-5-7-25(29(14-22)32(33,34)35)20-40-12-10-28(11-13-40)39(2)3/h4-7,14,16,18-19,28H,10-13,15,17,20H2,1-3H3,(H2,36,42). The second-order valence-corrected chi connectivity index (χ2v) is 10.9. The van der Waals surface area contributed by atoms with Gasteiger partial charge in [0.2, 0.25) is 5.91 Å². The number of rotatable bonds is 8. The lowest BCUT2D eigenvalue weighted by atomic mass is 9.95. The lowest BCUT2D eigenvalue weighted by Crippen LogP contribution is -2.41. The molecule has 1 saturated heterocycles. The van der Waals surface area contributed by atoms with Crippen LogP contribution in [0.4, 0.5) is 13.2 Å². The summed E-state index contributed by atoms with van der Waals surface area (Å²) < 4.78 is 42.2. The van der Waals surface area contributed by atoms with Crippen LogP contribution in [0.15, 0.2) is 48.8 Å². The van der Waals surface area contributed by atoms with Gasteiger partial charge in [-0.15, -0.1) is 0 Å². The van der Waals surface area contributed by atoms with E-state index in [9.17, 15) is 22.8 Å². The Bertz CT molecular complexity index is 1500. The van der Waals surface area contributed by atoms with E-state index in [1.165, 1.54) is 18.5 Å². The fourth-order valence-electron chi connectivity index (χ4n) is 5.01. The number of aromatic nitrogens is 2. The minimum atomic E-state index is -4.52. The van der Waals surface area contributed by atoms with Crippen LogP contribution in [0.5, 0.6) is 0 Å². The molecule has 1 aromatic heterocycles. The first-order valence-corrected chi connectivity index (χ1v) is 13.7. The number of halogens is 3. The number of carbonyl (C=O) groups excluding carboxylic acids is 2. The van der Waals surface area contributed by atoms with Crippen molar-refractivity contribution in [3.63, 3.8) is 0 Å². The van der Waals surface area contributed by atoms with Gasteiger partial charge in [-0.3, -0.25) is 19.5 Å². The molecule has 0 bridgehead atoms. The van der Waals surface area contributed by atoms with E-state index in [1.54, 1.807) is 24.3 Å². The highest BCUT2D eigenvalue weighted by Crippen LogP contribution is 2.34. The molecule has 220 valence electrons. The van der Waals surface area contributed by atoms with Crippen LogP contribution in [0.3, 0.4) is 0 Å². The third kappa shape index (κ3) is 8.24. The van der Waals surface area contributed by atoms with Crippen molar-refractivity contribution in [1.82, 2.24) is 19.8 Å². The van der Waals surface area contributed by atoms with Gasteiger partial charge in [-0.05, 0) is 81.7 Å². The van der Waals surface area contributed by atoms with Gasteiger partial charge in [0.25, 0.3) is 0 Å². The molecule has 1 aliphatic rings. The number of ketones is 1. The third-order valence-electron chi connectivity index (χ3n) is 7.47. The maximum atomic E-state index is 14.1. The lowest BCUT2D eigenvalue weighted by molar-refractivity contribution is -0.138. The SMILES string of the molecule is Cc1ccc(C(=O)Cc2ccc(CN3CCC(N(C)C)CC3)c(C(F)(F)F)c2)cc1C#Cc1cnc(CC(N)=O)cn1. The number of aryl methyl sites for hydroxylation is 1. The quantitative estimate of drug-likeness (QED) is 0.319. The normalized spacial score (nSPS) is 14.5. The van der Waals surface area contributed by atoms with Gasteiger partial charge < -0.3 is 10.6 Å². The summed E-state index contributed by atoms with van der Waals surface area (Å²) in [7, 11) is 4.05. The fourth-order valence-corrected chi connectivity index (χ4v) is 5.01. The molecule has 1 aliphatic heterocycles. The Labute approximate surface area is 243 Å². The molecule has 0 radical (unpaired) electrons. The molecule has 2 aromatic carbocycles. The van der Waals surface area contributed by atoms with E-state index in [2.05, 4.69) is 31.6 Å². The van der Waals surface area contributed by atoms with Crippen LogP contribution in [0.2, 0.25) is 0 Å². The van der Waals surface area contributed by atoms with Gasteiger partial charge in [-0.2, -0.15) is 13.2 Å². The van der Waals surface area contributed by atoms with Crippen molar-refractivity contribution >= 4 is 11.7 Å². The Hall–Kier alpha value is -4.07. The van der Waals surface area contributed by atoms with E-state index in [4.69, 9.17) is 5.73 Å². The number of hydrogen-bond acceptors (Lipinski definition) is 6. The highest BCUT2D eigenvalue weighted by atomic mass is 19.4. The van der Waals surface area contributed by atoms with Crippen LogP contribution in [0, 0.1) is 18.8 Å². The van der Waals surface area contributed by atoms with Gasteiger partial charge in [0, 0.05) is 30.1 Å². The summed E-state index contributed by atoms with van der Waals surface area (Å²) in [6, 6.07) is 9.71. The van der Waals surface area contributed by atoms with Crippen LogP contribution < -0.4 is 5.73 Å². The van der Waals surface area contributed by atoms with Crippen molar-refractivity contribution in [1.29, 1.82) is 0 Å². The predicted octanol–water partition coefficient (Wildman–Crippen LogP) is 4.18. The topological polar surface area (TPSA) is 92.4 Å². The van der Waals surface area contributed by atoms with Crippen molar-refractivity contribution < 1.29 is 22.8 Å². The molecular formula is C32H34F3N5O2. The average Bonchev–Trinajstić information content (AvgIpc) is 2.93. The number of carbonyl (C=O) groups is 2. The monoisotopic (exact) mass is 577 g/mol. The summed E-state index contributed by atoms with van der Waals surface area (Å²) in [6.07, 6.45) is -0.0172. The number of benzene rings is 2. The molecule has 0 aliphatic carbocycles. The second-order valence-electron chi connectivity index (χ2n) is 10.9. The Balaban J connectivity index is 1.48. The number of alkyl halides is 3. The zero-order valence-corrected chi connectivity index (χ0v) is 24.0. The third-order valence-corrected chi connectivity index (χ3v) is 7.47. The first kappa shape index (κ1) is 30.9. The maximum Gasteiger partial charge on any atom is 0.416 e. The van der Waals surface area contributed by atoms with Gasteiger partial charge in [0.15, 0.2) is 5.78 Å². The Morgan fingerprint density at radius 3 is 2.38 bits per heavy atom. The summed E-state index contributed by atoms with van der Waals surface area (Å²) in [6.45, 7) is 3.55. The minimum absolute atomic E-state index is 0.0208. The number of amides is 1. The molecule has 0 spiro atoms. The fraction of sp³-hybridized carbons (Fsp3) is 0.375. The van der Waals surface area contributed by atoms with Crippen LogP contribution in [0.25, 0.3) is 0 Å². The molecule has 0 saturated carbocycles. The maximum absolute atomic E-state index is 14.1. The van der Waals surface area contributed by atoms with Gasteiger partial charge in [0.05, 0.1) is 30.1 Å². The molecule has 3 aromatic rings. The van der Waals surface area contributed by atoms with Crippen LogP contribution in [-0.4, -0.2) is 64.7 Å². The molecule has 2 N–H and O–H groups in total. The van der Waals surface area contributed by atoms with Gasteiger partial charge in [-0.1, -0.05) is 30.2 Å². The Kier molecular flexibility index (Phi) is 9.76. The molecule has 0 atom stereocenters. The van der Waals surface area contributed by atoms with Crippen LogP contribution >= 0.6 is 0 Å². The molecule has 2 heterocycles. The molecular weight excluding hydrogens is 543 g/mol. The molecule has 1 amide bonds. The zero-order valence-electron chi connectivity index (χ0n) is 24.0. The van der Waals surface area contributed by atoms with Crippen molar-refractivity contribution in [3.8, 4) is 11.8 Å². The van der Waals surface area contributed by atoms with Crippen LogP contribution in [-0.2, 0) is 30.4 Å². The molecule has 4 rings (SSSR count). The highest BCUT2D eigenvalue weighted by molar-refractivity contribution is 5.98. The van der Waals surface area contributed by atoms with E-state index >= 15 is 0 Å². The largest absolute Gasteiger partial charge is 0.416 e. The number of primary amides is 1. The molecule has 42 heavy (non-hydrogen) atoms. The molecule has 10 heteroatoms. The number of likely N-dealkylation sites (tertiary alicyclic amines) is 1. The number of nitrogens with zero attached hydrogens (tertiary/aromatic N) is 4. The zero-order chi connectivity index (χ0) is 30.4. The van der Waals surface area contributed by atoms with E-state index in [0.29, 0.717) is 34.1 Å². The van der Waals surface area contributed by atoms with Crippen molar-refractivity contribution in [2.24, 2.45) is 5.73 Å². The van der Waals surface area contributed by atoms with Crippen molar-refractivity contribution in [2.75, 3.05) is 27.2 Å². The Morgan fingerprint density at radius 2 is 1.76 bits per heavy atom. The van der Waals surface area contributed by atoms with E-state index in [-0.39, 0.29) is 30.7 Å². The van der Waals surface area contributed by atoms with E-state index in [0.717, 1.165) is 37.6 Å². The summed E-state index contributed by atoms with van der Waals surface area (Å²) >= 11 is 0. The summed E-state index contributed by atoms with van der Waals surface area (Å²) in [5.74, 6) is 5.05. The second kappa shape index (κ2) is 13.3. The first-order valence-electron chi connectivity index (χ1n) is 13.7. The number of piperidine rings is 1. The number of Topliss-reactive ketones (excluding diaryl/α,β-unsaturated/α-hetero) is 1. The minimum Gasteiger partial charge on any atom is -0.369 e. The van der Waals surface area contributed by atoms with E-state index < -0.39 is 17.6 Å². The molecule has 0 unspecified atom stereocenters.